The smallest absolute Gasteiger partial charge is 0.0769 e. The summed E-state index contributed by atoms with van der Waals surface area (Å²) in [5.74, 6) is 0. The zero-order chi connectivity index (χ0) is 16.2. The van der Waals surface area contributed by atoms with E-state index >= 15 is 0 Å². The molecule has 0 saturated carbocycles. The van der Waals surface area contributed by atoms with Crippen LogP contribution in [0.25, 0.3) is 5.69 Å². The number of benzene rings is 1. The largest absolute Gasteiger partial charge is 0.290 e. The number of nitrogens with zero attached hydrogens (tertiary/aromatic N) is 3. The van der Waals surface area contributed by atoms with Crippen molar-refractivity contribution >= 4 is 11.3 Å². The van der Waals surface area contributed by atoms with Crippen molar-refractivity contribution in [2.24, 2.45) is 0 Å². The van der Waals surface area contributed by atoms with E-state index in [4.69, 9.17) is 5.10 Å². The first-order valence-corrected chi connectivity index (χ1v) is 8.83. The fourth-order valence-corrected chi connectivity index (χ4v) is 3.49. The lowest BCUT2D eigenvalue weighted by Gasteiger charge is -2.24. The highest BCUT2D eigenvalue weighted by Crippen LogP contribution is 2.20. The molecule has 3 nitrogen and oxygen atoms in total. The van der Waals surface area contributed by atoms with E-state index in [-0.39, 0.29) is 0 Å². The Bertz CT molecular complexity index is 743. The zero-order valence-electron chi connectivity index (χ0n) is 13.9. The van der Waals surface area contributed by atoms with E-state index in [0.29, 0.717) is 6.04 Å². The Morgan fingerprint density at radius 3 is 2.48 bits per heavy atom. The Balaban J connectivity index is 1.72. The number of aromatic nitrogens is 2. The topological polar surface area (TPSA) is 21.1 Å². The Morgan fingerprint density at radius 2 is 1.83 bits per heavy atom. The summed E-state index contributed by atoms with van der Waals surface area (Å²) in [7, 11) is 0. The Kier molecular flexibility index (Phi) is 4.94. The van der Waals surface area contributed by atoms with E-state index in [1.165, 1.54) is 9.75 Å². The Morgan fingerprint density at radius 1 is 1.04 bits per heavy atom. The normalized spacial score (nSPS) is 11.5. The van der Waals surface area contributed by atoms with E-state index < -0.39 is 0 Å². The van der Waals surface area contributed by atoms with Gasteiger partial charge in [0, 0.05) is 35.1 Å². The van der Waals surface area contributed by atoms with Gasteiger partial charge in [0.15, 0.2) is 0 Å². The van der Waals surface area contributed by atoms with E-state index in [1.807, 2.05) is 40.4 Å². The third-order valence-corrected chi connectivity index (χ3v) is 4.90. The van der Waals surface area contributed by atoms with Gasteiger partial charge in [-0.3, -0.25) is 4.90 Å². The quantitative estimate of drug-likeness (QED) is 0.657. The fraction of sp³-hybridized carbons (Fsp3) is 0.316. The lowest BCUT2D eigenvalue weighted by atomic mass is 10.2. The van der Waals surface area contributed by atoms with Gasteiger partial charge >= 0.3 is 0 Å². The predicted octanol–water partition coefficient (Wildman–Crippen LogP) is 4.65. The van der Waals surface area contributed by atoms with Gasteiger partial charge in [0.2, 0.25) is 0 Å². The average Bonchev–Trinajstić information content (AvgIpc) is 3.17. The van der Waals surface area contributed by atoms with Crippen LogP contribution in [-0.4, -0.2) is 20.7 Å². The molecule has 0 atom stereocenters. The number of hydrogen-bond acceptors (Lipinski definition) is 3. The molecule has 0 bridgehead atoms. The van der Waals surface area contributed by atoms with E-state index in [2.05, 4.69) is 56.0 Å². The van der Waals surface area contributed by atoms with Crippen molar-refractivity contribution in [3.63, 3.8) is 0 Å². The van der Waals surface area contributed by atoms with Gasteiger partial charge in [-0.2, -0.15) is 5.10 Å². The monoisotopic (exact) mass is 325 g/mol. The third-order valence-electron chi connectivity index (χ3n) is 3.92. The van der Waals surface area contributed by atoms with E-state index in [9.17, 15) is 0 Å². The van der Waals surface area contributed by atoms with Gasteiger partial charge in [-0.05, 0) is 51.1 Å². The van der Waals surface area contributed by atoms with Crippen LogP contribution in [0, 0.1) is 6.92 Å². The summed E-state index contributed by atoms with van der Waals surface area (Å²) in [4.78, 5) is 5.25. The van der Waals surface area contributed by atoms with Crippen LogP contribution < -0.4 is 0 Å². The first-order chi connectivity index (χ1) is 11.1. The molecule has 0 amide bonds. The molecule has 0 spiro atoms. The van der Waals surface area contributed by atoms with Crippen LogP contribution in [-0.2, 0) is 13.1 Å². The van der Waals surface area contributed by atoms with Crippen molar-refractivity contribution < 1.29 is 0 Å². The summed E-state index contributed by atoms with van der Waals surface area (Å²) >= 11 is 1.88. The molecule has 0 unspecified atom stereocenters. The average molecular weight is 325 g/mol. The van der Waals surface area contributed by atoms with Gasteiger partial charge in [-0.15, -0.1) is 11.3 Å². The van der Waals surface area contributed by atoms with Crippen LogP contribution in [0.15, 0.2) is 54.7 Å². The minimum Gasteiger partial charge on any atom is -0.290 e. The van der Waals surface area contributed by atoms with Gasteiger partial charge < -0.3 is 0 Å². The fourth-order valence-electron chi connectivity index (χ4n) is 2.57. The molecule has 0 radical (unpaired) electrons. The van der Waals surface area contributed by atoms with Crippen molar-refractivity contribution in [3.05, 3.63) is 70.2 Å². The van der Waals surface area contributed by atoms with Crippen LogP contribution in [0.1, 0.15) is 29.3 Å². The number of aryl methyl sites for hydroxylation is 1. The number of rotatable bonds is 6. The third kappa shape index (κ3) is 4.09. The lowest BCUT2D eigenvalue weighted by Crippen LogP contribution is -2.29. The first kappa shape index (κ1) is 16.0. The maximum Gasteiger partial charge on any atom is 0.0769 e. The van der Waals surface area contributed by atoms with Gasteiger partial charge in [-0.25, -0.2) is 4.68 Å². The second kappa shape index (κ2) is 7.11. The Hall–Kier alpha value is -1.91. The van der Waals surface area contributed by atoms with Crippen molar-refractivity contribution in [2.45, 2.75) is 39.9 Å². The molecule has 0 aliphatic rings. The number of hydrogen-bond donors (Lipinski definition) is 0. The maximum absolute atomic E-state index is 4.73. The van der Waals surface area contributed by atoms with Crippen LogP contribution >= 0.6 is 11.3 Å². The second-order valence-electron chi connectivity index (χ2n) is 6.10. The van der Waals surface area contributed by atoms with Crippen molar-refractivity contribution in [1.82, 2.24) is 14.7 Å². The van der Waals surface area contributed by atoms with Crippen LogP contribution in [0.3, 0.4) is 0 Å². The molecule has 3 rings (SSSR count). The molecule has 120 valence electrons. The molecule has 0 aliphatic carbocycles. The summed E-state index contributed by atoms with van der Waals surface area (Å²) in [6, 6.07) is 17.3. The van der Waals surface area contributed by atoms with Crippen molar-refractivity contribution in [1.29, 1.82) is 0 Å². The highest BCUT2D eigenvalue weighted by Gasteiger charge is 2.13. The van der Waals surface area contributed by atoms with Gasteiger partial charge in [-0.1, -0.05) is 18.2 Å². The molecule has 23 heavy (non-hydrogen) atoms. The molecule has 2 heterocycles. The highest BCUT2D eigenvalue weighted by molar-refractivity contribution is 7.11. The molecule has 2 aromatic heterocycles. The Labute approximate surface area is 142 Å². The molecule has 0 saturated heterocycles. The zero-order valence-corrected chi connectivity index (χ0v) is 14.8. The molecule has 0 fully saturated rings. The van der Waals surface area contributed by atoms with Gasteiger partial charge in [0.25, 0.3) is 0 Å². The molecular weight excluding hydrogens is 302 g/mol. The van der Waals surface area contributed by atoms with Crippen LogP contribution in [0.2, 0.25) is 0 Å². The lowest BCUT2D eigenvalue weighted by molar-refractivity contribution is 0.203. The minimum absolute atomic E-state index is 0.485. The summed E-state index contributed by atoms with van der Waals surface area (Å²) in [5.41, 5.74) is 2.21. The number of thiophene rings is 1. The molecule has 0 aliphatic heterocycles. The summed E-state index contributed by atoms with van der Waals surface area (Å²) < 4.78 is 1.95. The van der Waals surface area contributed by atoms with Gasteiger partial charge in [0.05, 0.1) is 11.4 Å². The molecule has 3 aromatic rings. The predicted molar refractivity (Wildman–Crippen MR) is 97.0 cm³/mol. The molecule has 1 aromatic carbocycles. The second-order valence-corrected chi connectivity index (χ2v) is 7.47. The molecule has 0 N–H and O–H groups in total. The minimum atomic E-state index is 0.485. The SMILES string of the molecule is Cc1ccc(CN(Cc2ccn(-c3ccccc3)n2)C(C)C)s1. The number of para-hydroxylation sites is 1. The van der Waals surface area contributed by atoms with Crippen molar-refractivity contribution in [3.8, 4) is 5.69 Å². The van der Waals surface area contributed by atoms with E-state index in [1.54, 1.807) is 0 Å². The van der Waals surface area contributed by atoms with Gasteiger partial charge in [0.1, 0.15) is 0 Å². The summed E-state index contributed by atoms with van der Waals surface area (Å²) in [6.07, 6.45) is 2.04. The van der Waals surface area contributed by atoms with E-state index in [0.717, 1.165) is 24.5 Å². The first-order valence-electron chi connectivity index (χ1n) is 8.01. The summed E-state index contributed by atoms with van der Waals surface area (Å²) in [5, 5.41) is 4.73. The molecule has 4 heteroatoms. The molecular formula is C19H23N3S. The standard InChI is InChI=1S/C19H23N3S/c1-15(2)21(14-19-10-9-16(3)23-19)13-17-11-12-22(20-17)18-7-5-4-6-8-18/h4-12,15H,13-14H2,1-3H3. The van der Waals surface area contributed by atoms with Crippen LogP contribution in [0.4, 0.5) is 0 Å². The van der Waals surface area contributed by atoms with Crippen molar-refractivity contribution in [2.75, 3.05) is 0 Å². The highest BCUT2D eigenvalue weighted by atomic mass is 32.1. The summed E-state index contributed by atoms with van der Waals surface area (Å²) in [6.45, 7) is 8.50. The van der Waals surface area contributed by atoms with Crippen LogP contribution in [0.5, 0.6) is 0 Å². The maximum atomic E-state index is 4.73.